The summed E-state index contributed by atoms with van der Waals surface area (Å²) in [7, 11) is 3.56. The second kappa shape index (κ2) is 9.51. The van der Waals surface area contributed by atoms with Gasteiger partial charge in [0.1, 0.15) is 12.1 Å². The van der Waals surface area contributed by atoms with E-state index in [-0.39, 0.29) is 12.1 Å². The molecule has 3 aromatic heterocycles. The quantitative estimate of drug-likeness (QED) is 0.426. The van der Waals surface area contributed by atoms with E-state index in [2.05, 4.69) is 33.7 Å². The van der Waals surface area contributed by atoms with Crippen LogP contribution in [0.4, 0.5) is 4.79 Å². The zero-order valence-electron chi connectivity index (χ0n) is 21.2. The molecule has 0 bridgehead atoms. The fourth-order valence-corrected chi connectivity index (χ4v) is 6.16. The number of methoxy groups -OCH3 is 1. The largest absolute Gasteiger partial charge is 0.497 e. The standard InChI is InChI=1S/C26H31N7O2S/c1-16(18-7-6-8-19(11-18)35-5)30-25(34)33-10-9-27-14-26(33,3)24-23-21(28-15-29-24)12-22(36-23)20-13-32(4)31-17(20)2/h6-8,11-13,15-16,27H,9-10,14H2,1-5H3,(H,30,34)/t16-,26?/m1/s1. The van der Waals surface area contributed by atoms with Crippen molar-refractivity contribution in [2.24, 2.45) is 7.05 Å². The SMILES string of the molecule is COc1cccc([C@@H](C)NC(=O)N2CCNCC2(C)c2ncnc3cc(-c4cn(C)nc4C)sc23)c1. The number of benzene rings is 1. The minimum absolute atomic E-state index is 0.124. The third-order valence-electron chi connectivity index (χ3n) is 6.86. The van der Waals surface area contributed by atoms with Gasteiger partial charge in [0.2, 0.25) is 0 Å². The Labute approximate surface area is 214 Å². The first kappa shape index (κ1) is 24.2. The van der Waals surface area contributed by atoms with Crippen molar-refractivity contribution in [3.05, 3.63) is 59.8 Å². The lowest BCUT2D eigenvalue weighted by molar-refractivity contribution is 0.0957. The molecular weight excluding hydrogens is 474 g/mol. The zero-order chi connectivity index (χ0) is 25.4. The lowest BCUT2D eigenvalue weighted by Gasteiger charge is -2.45. The summed E-state index contributed by atoms with van der Waals surface area (Å²) in [6, 6.07) is 9.55. The Morgan fingerprint density at radius 1 is 1.31 bits per heavy atom. The van der Waals surface area contributed by atoms with E-state index in [9.17, 15) is 4.79 Å². The van der Waals surface area contributed by atoms with E-state index in [1.54, 1.807) is 24.8 Å². The number of hydrogen-bond acceptors (Lipinski definition) is 7. The summed E-state index contributed by atoms with van der Waals surface area (Å²) in [6.07, 6.45) is 3.62. The van der Waals surface area contributed by atoms with Crippen molar-refractivity contribution in [1.29, 1.82) is 0 Å². The Morgan fingerprint density at radius 2 is 2.14 bits per heavy atom. The number of amides is 2. The van der Waals surface area contributed by atoms with Crippen LogP contribution in [-0.4, -0.2) is 57.4 Å². The highest BCUT2D eigenvalue weighted by atomic mass is 32.1. The molecule has 9 nitrogen and oxygen atoms in total. The van der Waals surface area contributed by atoms with Gasteiger partial charge in [-0.3, -0.25) is 4.68 Å². The van der Waals surface area contributed by atoms with Gasteiger partial charge < -0.3 is 20.3 Å². The molecule has 0 spiro atoms. The number of carbonyl (C=O) groups excluding carboxylic acids is 1. The third kappa shape index (κ3) is 4.31. The van der Waals surface area contributed by atoms with E-state index in [1.807, 2.05) is 60.9 Å². The summed E-state index contributed by atoms with van der Waals surface area (Å²) in [5.41, 5.74) is 4.11. The van der Waals surface area contributed by atoms with Crippen LogP contribution >= 0.6 is 11.3 Å². The zero-order valence-corrected chi connectivity index (χ0v) is 22.0. The van der Waals surface area contributed by atoms with E-state index < -0.39 is 5.54 Å². The lowest BCUT2D eigenvalue weighted by Crippen LogP contribution is -2.62. The fourth-order valence-electron chi connectivity index (χ4n) is 4.87. The second-order valence-corrected chi connectivity index (χ2v) is 10.5. The number of nitrogens with one attached hydrogen (secondary N) is 2. The van der Waals surface area contributed by atoms with Gasteiger partial charge in [-0.2, -0.15) is 5.10 Å². The van der Waals surface area contributed by atoms with Crippen LogP contribution in [0.5, 0.6) is 5.75 Å². The number of hydrogen-bond donors (Lipinski definition) is 2. The Morgan fingerprint density at radius 3 is 2.89 bits per heavy atom. The molecule has 1 aliphatic heterocycles. The van der Waals surface area contributed by atoms with Gasteiger partial charge in [0, 0.05) is 43.3 Å². The highest BCUT2D eigenvalue weighted by Crippen LogP contribution is 2.40. The highest BCUT2D eigenvalue weighted by molar-refractivity contribution is 7.22. The maximum atomic E-state index is 13.6. The van der Waals surface area contributed by atoms with E-state index in [4.69, 9.17) is 9.72 Å². The molecule has 0 aliphatic carbocycles. The Bertz CT molecular complexity index is 1410. The van der Waals surface area contributed by atoms with E-state index in [1.165, 1.54) is 0 Å². The van der Waals surface area contributed by atoms with Crippen LogP contribution in [0.2, 0.25) is 0 Å². The molecule has 1 aromatic carbocycles. The first-order chi connectivity index (χ1) is 17.3. The Kier molecular flexibility index (Phi) is 6.40. The Balaban J connectivity index is 1.48. The summed E-state index contributed by atoms with van der Waals surface area (Å²) >= 11 is 1.65. The summed E-state index contributed by atoms with van der Waals surface area (Å²) in [5, 5.41) is 11.1. The molecule has 2 N–H and O–H groups in total. The van der Waals surface area contributed by atoms with Gasteiger partial charge >= 0.3 is 6.03 Å². The van der Waals surface area contributed by atoms with Gasteiger partial charge in [0.05, 0.1) is 40.3 Å². The van der Waals surface area contributed by atoms with Gasteiger partial charge in [0.25, 0.3) is 0 Å². The molecule has 4 aromatic rings. The van der Waals surface area contributed by atoms with E-state index in [0.29, 0.717) is 13.1 Å². The van der Waals surface area contributed by atoms with Gasteiger partial charge in [-0.15, -0.1) is 11.3 Å². The molecule has 10 heteroatoms. The molecule has 2 amide bonds. The molecule has 188 valence electrons. The maximum absolute atomic E-state index is 13.6. The minimum Gasteiger partial charge on any atom is -0.497 e. The molecule has 1 saturated heterocycles. The molecule has 4 heterocycles. The minimum atomic E-state index is -0.649. The number of nitrogens with zero attached hydrogens (tertiary/aromatic N) is 5. The molecule has 0 saturated carbocycles. The molecule has 5 rings (SSSR count). The average molecular weight is 506 g/mol. The third-order valence-corrected chi connectivity index (χ3v) is 8.02. The predicted molar refractivity (Wildman–Crippen MR) is 141 cm³/mol. The van der Waals surface area contributed by atoms with Crippen LogP contribution in [0, 0.1) is 6.92 Å². The number of thiophene rings is 1. The first-order valence-electron chi connectivity index (χ1n) is 12.0. The lowest BCUT2D eigenvalue weighted by atomic mass is 9.92. The van der Waals surface area contributed by atoms with Crippen molar-refractivity contribution in [2.75, 3.05) is 26.7 Å². The van der Waals surface area contributed by atoms with Crippen LogP contribution in [-0.2, 0) is 12.6 Å². The summed E-state index contributed by atoms with van der Waals surface area (Å²) < 4.78 is 8.16. The maximum Gasteiger partial charge on any atom is 0.318 e. The molecule has 1 aliphatic rings. The number of fused-ring (bicyclic) bond motifs is 1. The topological polar surface area (TPSA) is 97.2 Å². The van der Waals surface area contributed by atoms with Crippen molar-refractivity contribution in [2.45, 2.75) is 32.4 Å². The smallest absolute Gasteiger partial charge is 0.318 e. The number of carbonyl (C=O) groups is 1. The van der Waals surface area contributed by atoms with Crippen molar-refractivity contribution >= 4 is 27.6 Å². The number of piperazine rings is 1. The Hall–Kier alpha value is -3.50. The number of urea groups is 1. The van der Waals surface area contributed by atoms with E-state index in [0.717, 1.165) is 49.9 Å². The second-order valence-electron chi connectivity index (χ2n) is 9.40. The van der Waals surface area contributed by atoms with E-state index >= 15 is 0 Å². The number of rotatable bonds is 5. The normalized spacial score (nSPS) is 18.9. The van der Waals surface area contributed by atoms with Crippen LogP contribution in [0.15, 0.2) is 42.9 Å². The van der Waals surface area contributed by atoms with Gasteiger partial charge in [0.15, 0.2) is 0 Å². The first-order valence-corrected chi connectivity index (χ1v) is 12.8. The monoisotopic (exact) mass is 505 g/mol. The fraction of sp³-hybridized carbons (Fsp3) is 0.385. The van der Waals surface area contributed by atoms with Crippen LogP contribution < -0.4 is 15.4 Å². The van der Waals surface area contributed by atoms with Crippen LogP contribution in [0.25, 0.3) is 20.7 Å². The predicted octanol–water partition coefficient (Wildman–Crippen LogP) is 4.00. The van der Waals surface area contributed by atoms with Crippen molar-refractivity contribution in [3.63, 3.8) is 0 Å². The number of aromatic nitrogens is 4. The van der Waals surface area contributed by atoms with Crippen molar-refractivity contribution in [3.8, 4) is 16.2 Å². The average Bonchev–Trinajstić information content (AvgIpc) is 3.45. The number of aryl methyl sites for hydroxylation is 2. The summed E-state index contributed by atoms with van der Waals surface area (Å²) in [6.45, 7) is 7.95. The van der Waals surface area contributed by atoms with Crippen LogP contribution in [0.1, 0.15) is 36.8 Å². The molecule has 1 unspecified atom stereocenters. The molecule has 1 fully saturated rings. The van der Waals surface area contributed by atoms with Gasteiger partial charge in [-0.05, 0) is 44.5 Å². The summed E-state index contributed by atoms with van der Waals surface area (Å²) in [5.74, 6) is 0.765. The van der Waals surface area contributed by atoms with Gasteiger partial charge in [-0.25, -0.2) is 14.8 Å². The molecule has 36 heavy (non-hydrogen) atoms. The van der Waals surface area contributed by atoms with Crippen molar-refractivity contribution < 1.29 is 9.53 Å². The summed E-state index contributed by atoms with van der Waals surface area (Å²) in [4.78, 5) is 25.9. The molecule has 2 atom stereocenters. The highest BCUT2D eigenvalue weighted by Gasteiger charge is 2.42. The number of ether oxygens (including phenoxy) is 1. The molecule has 0 radical (unpaired) electrons. The van der Waals surface area contributed by atoms with Crippen LogP contribution in [0.3, 0.4) is 0 Å². The van der Waals surface area contributed by atoms with Crippen molar-refractivity contribution in [1.82, 2.24) is 35.3 Å². The van der Waals surface area contributed by atoms with Gasteiger partial charge in [-0.1, -0.05) is 12.1 Å². The molecular formula is C26H31N7O2S.